The Hall–Kier alpha value is -4.80. The van der Waals surface area contributed by atoms with Crippen LogP contribution in [0.3, 0.4) is 0 Å². The van der Waals surface area contributed by atoms with Gasteiger partial charge in [0.2, 0.25) is 0 Å². The van der Waals surface area contributed by atoms with Crippen molar-refractivity contribution >= 4 is 77.7 Å². The summed E-state index contributed by atoms with van der Waals surface area (Å²) >= 11 is 2.04. The number of rotatable bonds is 2. The molecule has 1 aromatic heterocycles. The van der Waals surface area contributed by atoms with Crippen LogP contribution in [0.15, 0.2) is 103 Å². The normalized spacial score (nSPS) is 19.0. The lowest BCUT2D eigenvalue weighted by atomic mass is 9.46. The van der Waals surface area contributed by atoms with Crippen molar-refractivity contribution in [2.24, 2.45) is 0 Å². The van der Waals surface area contributed by atoms with Crippen molar-refractivity contribution in [1.29, 1.82) is 0 Å². The van der Waals surface area contributed by atoms with E-state index in [-0.39, 0.29) is 28.5 Å². The average Bonchev–Trinajstić information content (AvgIpc) is 3.56. The molecular weight excluding hydrogens is 719 g/mol. The molecule has 7 aromatic rings. The highest BCUT2D eigenvalue weighted by Crippen LogP contribution is 2.55. The predicted octanol–water partition coefficient (Wildman–Crippen LogP) is 14.1. The van der Waals surface area contributed by atoms with Gasteiger partial charge in [0, 0.05) is 43.2 Å². The van der Waals surface area contributed by atoms with E-state index < -0.39 is 0 Å². The monoisotopic (exact) mass is 774 g/mol. The van der Waals surface area contributed by atoms with Gasteiger partial charge in [-0.15, -0.1) is 11.3 Å². The Balaban J connectivity index is 1.30. The zero-order valence-electron chi connectivity index (χ0n) is 36.0. The van der Waals surface area contributed by atoms with Crippen LogP contribution in [-0.4, -0.2) is 6.85 Å². The molecule has 6 aromatic carbocycles. The third kappa shape index (κ3) is 5.03. The first kappa shape index (κ1) is 36.3. The van der Waals surface area contributed by atoms with Gasteiger partial charge in [-0.1, -0.05) is 110 Å². The van der Waals surface area contributed by atoms with Crippen LogP contribution in [0.1, 0.15) is 114 Å². The largest absolute Gasteiger partial charge is 0.376 e. The third-order valence-electron chi connectivity index (χ3n) is 15.1. The number of hydrogen-bond acceptors (Lipinski definition) is 3. The number of fused-ring (bicyclic) bond motifs is 9. The number of anilines is 5. The number of benzene rings is 6. The molecule has 0 saturated heterocycles. The van der Waals surface area contributed by atoms with Gasteiger partial charge in [0.15, 0.2) is 0 Å². The smallest absolute Gasteiger partial charge is 0.343 e. The fourth-order valence-corrected chi connectivity index (χ4v) is 12.7. The number of aryl methyl sites for hydroxylation is 2. The van der Waals surface area contributed by atoms with Crippen molar-refractivity contribution in [2.75, 3.05) is 9.71 Å². The second-order valence-corrected chi connectivity index (χ2v) is 21.9. The second-order valence-electron chi connectivity index (χ2n) is 20.8. The molecule has 0 N–H and O–H groups in total. The summed E-state index contributed by atoms with van der Waals surface area (Å²) in [6.45, 7) is 24.4. The van der Waals surface area contributed by atoms with Crippen molar-refractivity contribution in [3.8, 4) is 11.1 Å². The maximum atomic E-state index is 2.74. The van der Waals surface area contributed by atoms with E-state index >= 15 is 0 Å². The van der Waals surface area contributed by atoms with Crippen LogP contribution in [0.4, 0.5) is 28.4 Å². The summed E-state index contributed by atoms with van der Waals surface area (Å²) in [5.74, 6) is 0. The summed E-state index contributed by atoms with van der Waals surface area (Å²) in [5.41, 5.74) is 19.8. The lowest BCUT2D eigenvalue weighted by molar-refractivity contribution is 0.332. The van der Waals surface area contributed by atoms with Crippen molar-refractivity contribution in [3.05, 3.63) is 137 Å². The number of thiophene rings is 1. The first-order valence-corrected chi connectivity index (χ1v) is 22.4. The Morgan fingerprint density at radius 1 is 0.534 bits per heavy atom. The summed E-state index contributed by atoms with van der Waals surface area (Å²) in [7, 11) is 0. The van der Waals surface area contributed by atoms with Crippen LogP contribution in [0, 0.1) is 13.8 Å². The van der Waals surface area contributed by atoms with Gasteiger partial charge in [0.05, 0.1) is 5.69 Å². The molecule has 0 atom stereocenters. The lowest BCUT2D eigenvalue weighted by Crippen LogP contribution is -2.60. The highest BCUT2D eigenvalue weighted by Gasteiger charge is 2.49. The van der Waals surface area contributed by atoms with Gasteiger partial charge < -0.3 is 9.71 Å². The molecule has 3 heterocycles. The van der Waals surface area contributed by atoms with E-state index in [2.05, 4.69) is 182 Å². The third-order valence-corrected chi connectivity index (χ3v) is 16.3. The van der Waals surface area contributed by atoms with E-state index in [4.69, 9.17) is 0 Å². The minimum absolute atomic E-state index is 0.0108. The highest BCUT2D eigenvalue weighted by molar-refractivity contribution is 7.32. The Morgan fingerprint density at radius 2 is 1.10 bits per heavy atom. The first-order valence-electron chi connectivity index (χ1n) is 21.6. The molecule has 2 aliphatic carbocycles. The molecule has 2 nitrogen and oxygen atoms in total. The SMILES string of the molecule is Cc1cc2c3c(c1)N(c1cc4c(cc1C)C(C)(C)CCC4(C)C)c1c(sc4cc5c(cc14)C(C)(C)CCC5(C)C)B3N(c1ccccc1)c1cc3ccccc3cc1-2. The fourth-order valence-electron chi connectivity index (χ4n) is 11.4. The molecule has 0 fully saturated rings. The van der Waals surface area contributed by atoms with Crippen molar-refractivity contribution in [3.63, 3.8) is 0 Å². The van der Waals surface area contributed by atoms with Gasteiger partial charge in [-0.2, -0.15) is 0 Å². The Kier molecular flexibility index (Phi) is 7.45. The predicted molar refractivity (Wildman–Crippen MR) is 253 cm³/mol. The average molecular weight is 775 g/mol. The molecule has 0 bridgehead atoms. The number of nitrogens with zero attached hydrogens (tertiary/aromatic N) is 2. The van der Waals surface area contributed by atoms with Crippen LogP contribution >= 0.6 is 11.3 Å². The van der Waals surface area contributed by atoms with Crippen molar-refractivity contribution in [1.82, 2.24) is 0 Å². The van der Waals surface area contributed by atoms with E-state index in [0.29, 0.717) is 0 Å². The van der Waals surface area contributed by atoms with Crippen molar-refractivity contribution in [2.45, 2.75) is 117 Å². The zero-order chi connectivity index (χ0) is 40.3. The summed E-state index contributed by atoms with van der Waals surface area (Å²) in [4.78, 5) is 5.43. The maximum absolute atomic E-state index is 2.74. The highest BCUT2D eigenvalue weighted by atomic mass is 32.1. The Morgan fingerprint density at radius 3 is 1.76 bits per heavy atom. The van der Waals surface area contributed by atoms with Gasteiger partial charge >= 0.3 is 6.85 Å². The minimum atomic E-state index is 0.0108. The van der Waals surface area contributed by atoms with Crippen LogP contribution in [0.5, 0.6) is 0 Å². The summed E-state index contributed by atoms with van der Waals surface area (Å²) < 4.78 is 2.84. The van der Waals surface area contributed by atoms with Gasteiger partial charge in [0.1, 0.15) is 0 Å². The molecule has 4 aliphatic rings. The molecule has 0 spiro atoms. The second kappa shape index (κ2) is 11.9. The molecule has 0 saturated carbocycles. The molecule has 290 valence electrons. The van der Waals surface area contributed by atoms with E-state index in [0.717, 1.165) is 0 Å². The van der Waals surface area contributed by atoms with Crippen LogP contribution in [0.2, 0.25) is 0 Å². The fraction of sp³-hybridized carbons (Fsp3) is 0.333. The number of hydrogen-bond donors (Lipinski definition) is 0. The molecule has 0 radical (unpaired) electrons. The Labute approximate surface area is 350 Å². The standard InChI is InChI=1S/C54H55BN2S/c1-32-24-38-37-27-34-16-14-15-17-35(34)28-45(37)57(36-18-12-11-13-19-36)55-48(38)46(25-32)56(44-30-42-40(26-33(44)2)51(3,4)20-22-53(42,7)8)49-39-29-41-43(31-47(39)58-50(49)55)54(9,10)23-21-52(41,5)6/h11-19,24-31H,20-23H2,1-10H3. The summed E-state index contributed by atoms with van der Waals surface area (Å²) in [6.07, 6.45) is 4.81. The lowest BCUT2D eigenvalue weighted by Gasteiger charge is -2.46. The topological polar surface area (TPSA) is 6.48 Å². The van der Waals surface area contributed by atoms with E-state index in [9.17, 15) is 0 Å². The summed E-state index contributed by atoms with van der Waals surface area (Å²) in [5, 5.41) is 3.96. The molecule has 4 heteroatoms. The van der Waals surface area contributed by atoms with Crippen molar-refractivity contribution < 1.29 is 0 Å². The van der Waals surface area contributed by atoms with Crippen LogP contribution in [-0.2, 0) is 21.7 Å². The first-order chi connectivity index (χ1) is 27.5. The van der Waals surface area contributed by atoms with Gasteiger partial charge in [0.25, 0.3) is 0 Å². The van der Waals surface area contributed by atoms with E-state index in [1.54, 1.807) is 0 Å². The quantitative estimate of drug-likeness (QED) is 0.161. The van der Waals surface area contributed by atoms with Crippen LogP contribution < -0.4 is 20.0 Å². The molecule has 58 heavy (non-hydrogen) atoms. The molecule has 11 rings (SSSR count). The Bertz CT molecular complexity index is 2890. The van der Waals surface area contributed by atoms with Gasteiger partial charge in [-0.05, 0) is 165 Å². The maximum Gasteiger partial charge on any atom is 0.343 e. The van der Waals surface area contributed by atoms with Crippen LogP contribution in [0.25, 0.3) is 32.0 Å². The molecule has 0 amide bonds. The minimum Gasteiger partial charge on any atom is -0.376 e. The van der Waals surface area contributed by atoms with Gasteiger partial charge in [-0.25, -0.2) is 0 Å². The summed E-state index contributed by atoms with van der Waals surface area (Å²) in [6, 6.07) is 40.5. The number of para-hydroxylation sites is 1. The zero-order valence-corrected chi connectivity index (χ0v) is 36.8. The van der Waals surface area contributed by atoms with E-state index in [1.165, 1.54) is 130 Å². The van der Waals surface area contributed by atoms with E-state index in [1.807, 2.05) is 11.3 Å². The molecule has 0 unspecified atom stereocenters. The van der Waals surface area contributed by atoms with Gasteiger partial charge in [-0.3, -0.25) is 0 Å². The molecular formula is C54H55BN2S. The molecule has 2 aliphatic heterocycles.